The van der Waals surface area contributed by atoms with Gasteiger partial charge in [-0.05, 0) is 6.92 Å². The molecule has 1 aromatic rings. The van der Waals surface area contributed by atoms with Crippen molar-refractivity contribution in [1.82, 2.24) is 4.98 Å². The summed E-state index contributed by atoms with van der Waals surface area (Å²) in [6.07, 6.45) is 0.541. The Balaban J connectivity index is 2.70. The Bertz CT molecular complexity index is 244. The Morgan fingerprint density at radius 3 is 2.92 bits per heavy atom. The number of oxazole rings is 1. The number of aryl methyl sites for hydroxylation is 1. The zero-order chi connectivity index (χ0) is 8.97. The molecular weight excluding hydrogens is 158 g/mol. The lowest BCUT2D eigenvalue weighted by molar-refractivity contribution is 0.158. The summed E-state index contributed by atoms with van der Waals surface area (Å²) in [6, 6.07) is 0. The number of rotatable bonds is 4. The fraction of sp³-hybridized carbons (Fsp3) is 0.625. The molecule has 0 spiro atoms. The first-order valence-corrected chi connectivity index (χ1v) is 3.83. The summed E-state index contributed by atoms with van der Waals surface area (Å²) in [5.41, 5.74) is 0.810. The molecule has 0 aliphatic rings. The minimum atomic E-state index is 0.0970. The van der Waals surface area contributed by atoms with Crippen LogP contribution < -0.4 is 0 Å². The summed E-state index contributed by atoms with van der Waals surface area (Å²) in [4.78, 5) is 4.14. The Labute approximate surface area is 71.2 Å². The van der Waals surface area contributed by atoms with E-state index in [1.807, 2.05) is 6.92 Å². The Morgan fingerprint density at radius 1 is 1.58 bits per heavy atom. The van der Waals surface area contributed by atoms with Gasteiger partial charge < -0.3 is 14.3 Å². The second-order valence-electron chi connectivity index (χ2n) is 2.52. The lowest BCUT2D eigenvalue weighted by Gasteiger charge is -1.89. The zero-order valence-corrected chi connectivity index (χ0v) is 7.33. The monoisotopic (exact) mass is 171 g/mol. The molecule has 0 amide bonds. The molecule has 0 aromatic carbocycles. The molecule has 0 radical (unpaired) electrons. The average Bonchev–Trinajstić information content (AvgIpc) is 2.34. The number of aliphatic hydroxyl groups is 1. The average molecular weight is 171 g/mol. The van der Waals surface area contributed by atoms with Crippen LogP contribution >= 0.6 is 0 Å². The standard InChI is InChI=1S/C8H13NO3/c1-6-7(3-4-10)9-8(12-6)5-11-2/h10H,3-5H2,1-2H3. The van der Waals surface area contributed by atoms with Crippen LogP contribution in [0.2, 0.25) is 0 Å². The van der Waals surface area contributed by atoms with Crippen molar-refractivity contribution < 1.29 is 14.3 Å². The molecule has 0 aliphatic carbocycles. The van der Waals surface area contributed by atoms with Gasteiger partial charge in [-0.3, -0.25) is 0 Å². The van der Waals surface area contributed by atoms with Gasteiger partial charge in [-0.1, -0.05) is 0 Å². The van der Waals surface area contributed by atoms with Crippen LogP contribution in [-0.2, 0) is 17.8 Å². The normalized spacial score (nSPS) is 10.6. The number of ether oxygens (including phenoxy) is 1. The highest BCUT2D eigenvalue weighted by Crippen LogP contribution is 2.10. The fourth-order valence-electron chi connectivity index (χ4n) is 1.01. The molecule has 12 heavy (non-hydrogen) atoms. The number of aliphatic hydroxyl groups excluding tert-OH is 1. The van der Waals surface area contributed by atoms with Gasteiger partial charge in [0.2, 0.25) is 5.89 Å². The first kappa shape index (κ1) is 9.22. The summed E-state index contributed by atoms with van der Waals surface area (Å²) < 4.78 is 10.1. The van der Waals surface area contributed by atoms with Gasteiger partial charge in [0.05, 0.1) is 5.69 Å². The molecule has 1 rings (SSSR count). The van der Waals surface area contributed by atoms with Crippen LogP contribution in [0.15, 0.2) is 4.42 Å². The minimum Gasteiger partial charge on any atom is -0.443 e. The van der Waals surface area contributed by atoms with Gasteiger partial charge in [0, 0.05) is 20.1 Å². The van der Waals surface area contributed by atoms with Gasteiger partial charge >= 0.3 is 0 Å². The van der Waals surface area contributed by atoms with Gasteiger partial charge in [-0.25, -0.2) is 4.98 Å². The predicted molar refractivity (Wildman–Crippen MR) is 42.7 cm³/mol. The van der Waals surface area contributed by atoms with Crippen molar-refractivity contribution in [2.75, 3.05) is 13.7 Å². The summed E-state index contributed by atoms with van der Waals surface area (Å²) in [6.45, 7) is 2.31. The maximum Gasteiger partial charge on any atom is 0.220 e. The summed E-state index contributed by atoms with van der Waals surface area (Å²) in [5.74, 6) is 1.33. The second kappa shape index (κ2) is 4.23. The summed E-state index contributed by atoms with van der Waals surface area (Å²) in [7, 11) is 1.59. The van der Waals surface area contributed by atoms with E-state index in [2.05, 4.69) is 4.98 Å². The highest BCUT2D eigenvalue weighted by molar-refractivity contribution is 5.07. The van der Waals surface area contributed by atoms with Gasteiger partial charge in [-0.2, -0.15) is 0 Å². The lowest BCUT2D eigenvalue weighted by Crippen LogP contribution is -1.93. The molecule has 0 saturated carbocycles. The Kier molecular flexibility index (Phi) is 3.25. The van der Waals surface area contributed by atoms with Crippen molar-refractivity contribution in [2.24, 2.45) is 0 Å². The molecule has 0 bridgehead atoms. The molecule has 4 heteroatoms. The first-order chi connectivity index (χ1) is 5.77. The molecule has 68 valence electrons. The fourth-order valence-corrected chi connectivity index (χ4v) is 1.01. The molecular formula is C8H13NO3. The third-order valence-electron chi connectivity index (χ3n) is 1.55. The number of aromatic nitrogens is 1. The molecule has 0 saturated heterocycles. The molecule has 1 aromatic heterocycles. The van der Waals surface area contributed by atoms with Crippen molar-refractivity contribution in [2.45, 2.75) is 20.0 Å². The quantitative estimate of drug-likeness (QED) is 0.723. The largest absolute Gasteiger partial charge is 0.443 e. The maximum absolute atomic E-state index is 8.67. The third kappa shape index (κ3) is 2.06. The van der Waals surface area contributed by atoms with Crippen LogP contribution in [0.4, 0.5) is 0 Å². The molecule has 0 unspecified atom stereocenters. The van der Waals surface area contributed by atoms with E-state index < -0.39 is 0 Å². The zero-order valence-electron chi connectivity index (χ0n) is 7.33. The van der Waals surface area contributed by atoms with E-state index in [-0.39, 0.29) is 6.61 Å². The lowest BCUT2D eigenvalue weighted by atomic mass is 10.3. The van der Waals surface area contributed by atoms with Crippen LogP contribution in [0.1, 0.15) is 17.3 Å². The molecule has 1 heterocycles. The van der Waals surface area contributed by atoms with E-state index in [0.717, 1.165) is 11.5 Å². The van der Waals surface area contributed by atoms with Crippen LogP contribution in [0.5, 0.6) is 0 Å². The van der Waals surface area contributed by atoms with Crippen molar-refractivity contribution in [3.8, 4) is 0 Å². The Morgan fingerprint density at radius 2 is 2.33 bits per heavy atom. The van der Waals surface area contributed by atoms with Gasteiger partial charge in [0.1, 0.15) is 12.4 Å². The number of hydrogen-bond acceptors (Lipinski definition) is 4. The van der Waals surface area contributed by atoms with Gasteiger partial charge in [-0.15, -0.1) is 0 Å². The topological polar surface area (TPSA) is 55.5 Å². The van der Waals surface area contributed by atoms with Crippen LogP contribution in [0.3, 0.4) is 0 Å². The van der Waals surface area contributed by atoms with Crippen molar-refractivity contribution in [3.63, 3.8) is 0 Å². The molecule has 4 nitrogen and oxygen atoms in total. The van der Waals surface area contributed by atoms with Crippen molar-refractivity contribution >= 4 is 0 Å². The SMILES string of the molecule is COCc1nc(CCO)c(C)o1. The van der Waals surface area contributed by atoms with Crippen LogP contribution in [0, 0.1) is 6.92 Å². The van der Waals surface area contributed by atoms with E-state index in [1.54, 1.807) is 7.11 Å². The maximum atomic E-state index is 8.67. The van der Waals surface area contributed by atoms with E-state index in [1.165, 1.54) is 0 Å². The molecule has 0 fully saturated rings. The van der Waals surface area contributed by atoms with Gasteiger partial charge in [0.25, 0.3) is 0 Å². The van der Waals surface area contributed by atoms with E-state index in [4.69, 9.17) is 14.3 Å². The van der Waals surface area contributed by atoms with Crippen molar-refractivity contribution in [3.05, 3.63) is 17.3 Å². The Hall–Kier alpha value is -0.870. The highest BCUT2D eigenvalue weighted by Gasteiger charge is 2.07. The van der Waals surface area contributed by atoms with E-state index in [9.17, 15) is 0 Å². The smallest absolute Gasteiger partial charge is 0.220 e. The second-order valence-corrected chi connectivity index (χ2v) is 2.52. The highest BCUT2D eigenvalue weighted by atomic mass is 16.5. The molecule has 1 N–H and O–H groups in total. The first-order valence-electron chi connectivity index (χ1n) is 3.83. The van der Waals surface area contributed by atoms with E-state index >= 15 is 0 Å². The number of hydrogen-bond donors (Lipinski definition) is 1. The van der Waals surface area contributed by atoms with E-state index in [0.29, 0.717) is 18.9 Å². The van der Waals surface area contributed by atoms with Crippen molar-refractivity contribution in [1.29, 1.82) is 0 Å². The predicted octanol–water partition coefficient (Wildman–Crippen LogP) is 0.664. The minimum absolute atomic E-state index is 0.0970. The van der Waals surface area contributed by atoms with Crippen LogP contribution in [0.25, 0.3) is 0 Å². The molecule has 0 aliphatic heterocycles. The third-order valence-corrected chi connectivity index (χ3v) is 1.55. The number of nitrogens with zero attached hydrogens (tertiary/aromatic N) is 1. The summed E-state index contributed by atoms with van der Waals surface area (Å²) in [5, 5.41) is 8.67. The number of methoxy groups -OCH3 is 1. The summed E-state index contributed by atoms with van der Waals surface area (Å²) >= 11 is 0. The van der Waals surface area contributed by atoms with Gasteiger partial charge in [0.15, 0.2) is 0 Å². The molecule has 0 atom stereocenters. The van der Waals surface area contributed by atoms with Crippen LogP contribution in [-0.4, -0.2) is 23.8 Å².